The Bertz CT molecular complexity index is 2010. The molecule has 1 amide bonds. The zero-order valence-corrected chi connectivity index (χ0v) is 34.0. The second-order valence-corrected chi connectivity index (χ2v) is 15.3. The van der Waals surface area contributed by atoms with Gasteiger partial charge in [0.2, 0.25) is 0 Å². The van der Waals surface area contributed by atoms with E-state index < -0.39 is 48.2 Å². The smallest absolute Gasteiger partial charge is 0.412 e. The maximum absolute atomic E-state index is 13.8. The molecule has 0 spiro atoms. The Kier molecular flexibility index (Phi) is 13.9. The number of hydrogen-bond donors (Lipinski definition) is 1. The third-order valence-electron chi connectivity index (χ3n) is 9.81. The van der Waals surface area contributed by atoms with Gasteiger partial charge in [-0.3, -0.25) is 5.32 Å². The average Bonchev–Trinajstić information content (AvgIpc) is 3.20. The maximum Gasteiger partial charge on any atom is 0.412 e. The summed E-state index contributed by atoms with van der Waals surface area (Å²) in [6.07, 6.45) is -5.29. The standard InChI is InChI=1S/C46H47Cl2NO8/c1-29(2)40-39(28-53-46(32-17-11-7-12-18-32,33-19-13-8-14-20-33)34-21-23-38(52-5)24-22-34)55-44(54-30(3)4)42(56-43(50)31-15-9-6-10-16-31)41(40)57-45(51)49-37-26-35(47)25-36(48)27-37/h6-27,29-30,39-42,44H,28H2,1-5H3,(H,49,51). The van der Waals surface area contributed by atoms with Gasteiger partial charge < -0.3 is 28.4 Å². The van der Waals surface area contributed by atoms with Gasteiger partial charge in [0.25, 0.3) is 0 Å². The molecule has 0 aliphatic carbocycles. The summed E-state index contributed by atoms with van der Waals surface area (Å²) in [5.74, 6) is -0.674. The molecule has 0 aromatic heterocycles. The first-order valence-corrected chi connectivity index (χ1v) is 19.6. The highest BCUT2D eigenvalue weighted by molar-refractivity contribution is 6.35. The number of anilines is 1. The second-order valence-electron chi connectivity index (χ2n) is 14.4. The van der Waals surface area contributed by atoms with Crippen LogP contribution in [0, 0.1) is 11.8 Å². The van der Waals surface area contributed by atoms with Crippen molar-refractivity contribution in [2.75, 3.05) is 19.0 Å². The molecule has 1 aliphatic heterocycles. The van der Waals surface area contributed by atoms with Crippen molar-refractivity contribution in [2.24, 2.45) is 11.8 Å². The molecular formula is C46H47Cl2NO8. The fourth-order valence-corrected chi connectivity index (χ4v) is 7.85. The Hall–Kier alpha value is -4.90. The summed E-state index contributed by atoms with van der Waals surface area (Å²) in [6.45, 7) is 7.71. The predicted octanol–water partition coefficient (Wildman–Crippen LogP) is 10.6. The van der Waals surface area contributed by atoms with Crippen molar-refractivity contribution in [3.05, 3.63) is 166 Å². The molecular weight excluding hydrogens is 765 g/mol. The van der Waals surface area contributed by atoms with E-state index in [9.17, 15) is 9.59 Å². The Balaban J connectivity index is 1.43. The van der Waals surface area contributed by atoms with E-state index in [1.165, 1.54) is 0 Å². The van der Waals surface area contributed by atoms with Crippen LogP contribution in [-0.4, -0.2) is 56.5 Å². The van der Waals surface area contributed by atoms with E-state index in [0.29, 0.717) is 27.0 Å². The molecule has 1 N–H and O–H groups in total. The quantitative estimate of drug-likeness (QED) is 0.0874. The monoisotopic (exact) mass is 811 g/mol. The van der Waals surface area contributed by atoms with Gasteiger partial charge in [-0.05, 0) is 78.9 Å². The highest BCUT2D eigenvalue weighted by Gasteiger charge is 2.53. The molecule has 0 saturated carbocycles. The van der Waals surface area contributed by atoms with Crippen molar-refractivity contribution in [3.8, 4) is 5.75 Å². The number of carbonyl (C=O) groups excluding carboxylic acids is 2. The van der Waals surface area contributed by atoms with E-state index in [1.54, 1.807) is 55.6 Å². The van der Waals surface area contributed by atoms with Crippen LogP contribution in [0.5, 0.6) is 5.75 Å². The topological polar surface area (TPSA) is 102 Å². The van der Waals surface area contributed by atoms with E-state index in [0.717, 1.165) is 16.7 Å². The van der Waals surface area contributed by atoms with Crippen molar-refractivity contribution in [1.82, 2.24) is 0 Å². The third kappa shape index (κ3) is 9.98. The minimum Gasteiger partial charge on any atom is -0.497 e. The van der Waals surface area contributed by atoms with Gasteiger partial charge in [-0.1, -0.05) is 128 Å². The highest BCUT2D eigenvalue weighted by Crippen LogP contribution is 2.43. The van der Waals surface area contributed by atoms with Crippen molar-refractivity contribution >= 4 is 41.0 Å². The number of rotatable bonds is 14. The van der Waals surface area contributed by atoms with Gasteiger partial charge in [0, 0.05) is 21.7 Å². The Morgan fingerprint density at radius 1 is 0.719 bits per heavy atom. The highest BCUT2D eigenvalue weighted by atomic mass is 35.5. The fraction of sp³-hybridized carbons (Fsp3) is 0.304. The molecule has 6 rings (SSSR count). The lowest BCUT2D eigenvalue weighted by molar-refractivity contribution is -0.305. The lowest BCUT2D eigenvalue weighted by Gasteiger charge is -2.48. The minimum atomic E-state index is -1.17. The maximum atomic E-state index is 13.8. The molecule has 1 saturated heterocycles. The number of nitrogens with one attached hydrogen (secondary N) is 1. The molecule has 1 fully saturated rings. The number of benzene rings is 5. The second kappa shape index (κ2) is 19.0. The molecule has 57 heavy (non-hydrogen) atoms. The number of methoxy groups -OCH3 is 1. The lowest BCUT2D eigenvalue weighted by atomic mass is 9.78. The molecule has 0 bridgehead atoms. The number of amides is 1. The van der Waals surface area contributed by atoms with Gasteiger partial charge in [0.1, 0.15) is 11.4 Å². The normalized spacial score (nSPS) is 19.6. The van der Waals surface area contributed by atoms with Gasteiger partial charge in [-0.25, -0.2) is 9.59 Å². The summed E-state index contributed by atoms with van der Waals surface area (Å²) >= 11 is 12.5. The molecule has 298 valence electrons. The number of halogens is 2. The van der Waals surface area contributed by atoms with Crippen molar-refractivity contribution in [1.29, 1.82) is 0 Å². The van der Waals surface area contributed by atoms with Gasteiger partial charge in [0.15, 0.2) is 18.5 Å². The summed E-state index contributed by atoms with van der Waals surface area (Å²) in [5.41, 5.74) is 2.15. The Morgan fingerprint density at radius 2 is 1.26 bits per heavy atom. The van der Waals surface area contributed by atoms with Crippen LogP contribution in [0.1, 0.15) is 54.7 Å². The van der Waals surface area contributed by atoms with E-state index >= 15 is 0 Å². The predicted molar refractivity (Wildman–Crippen MR) is 221 cm³/mol. The van der Waals surface area contributed by atoms with Crippen molar-refractivity contribution in [3.63, 3.8) is 0 Å². The largest absolute Gasteiger partial charge is 0.497 e. The Labute approximate surface area is 344 Å². The van der Waals surface area contributed by atoms with Crippen LogP contribution in [0.25, 0.3) is 0 Å². The van der Waals surface area contributed by atoms with Crippen LogP contribution in [0.4, 0.5) is 10.5 Å². The molecule has 5 aromatic rings. The van der Waals surface area contributed by atoms with Crippen LogP contribution >= 0.6 is 23.2 Å². The molecule has 5 aromatic carbocycles. The van der Waals surface area contributed by atoms with E-state index in [1.807, 2.05) is 113 Å². The van der Waals surface area contributed by atoms with Crippen LogP contribution in [-0.2, 0) is 29.3 Å². The number of carbonyl (C=O) groups is 2. The van der Waals surface area contributed by atoms with Crippen LogP contribution in [0.3, 0.4) is 0 Å². The average molecular weight is 813 g/mol. The number of esters is 1. The fourth-order valence-electron chi connectivity index (χ4n) is 7.32. The molecule has 1 aliphatic rings. The van der Waals surface area contributed by atoms with Gasteiger partial charge >= 0.3 is 12.1 Å². The summed E-state index contributed by atoms with van der Waals surface area (Å²) in [4.78, 5) is 27.6. The third-order valence-corrected chi connectivity index (χ3v) is 10.2. The zero-order chi connectivity index (χ0) is 40.5. The molecule has 5 unspecified atom stereocenters. The summed E-state index contributed by atoms with van der Waals surface area (Å²) in [6, 6.07) is 41.0. The van der Waals surface area contributed by atoms with E-state index in [2.05, 4.69) is 5.32 Å². The first-order chi connectivity index (χ1) is 27.5. The summed E-state index contributed by atoms with van der Waals surface area (Å²) in [7, 11) is 1.63. The number of hydrogen-bond acceptors (Lipinski definition) is 8. The summed E-state index contributed by atoms with van der Waals surface area (Å²) in [5, 5.41) is 3.41. The van der Waals surface area contributed by atoms with Crippen molar-refractivity contribution in [2.45, 2.75) is 64.0 Å². The first kappa shape index (κ1) is 41.7. The number of ether oxygens (including phenoxy) is 6. The molecule has 9 nitrogen and oxygen atoms in total. The molecule has 1 heterocycles. The minimum absolute atomic E-state index is 0.0152. The van der Waals surface area contributed by atoms with Crippen LogP contribution in [0.15, 0.2) is 133 Å². The first-order valence-electron chi connectivity index (χ1n) is 18.9. The molecule has 11 heteroatoms. The zero-order valence-electron chi connectivity index (χ0n) is 32.5. The van der Waals surface area contributed by atoms with Crippen LogP contribution in [0.2, 0.25) is 10.0 Å². The SMILES string of the molecule is COc1ccc(C(OCC2OC(OC(C)C)C(OC(=O)c3ccccc3)C(OC(=O)Nc3cc(Cl)cc(Cl)c3)C2C(C)C)(c2ccccc2)c2ccccc2)cc1. The molecule has 5 atom stereocenters. The van der Waals surface area contributed by atoms with Crippen molar-refractivity contribution < 1.29 is 38.0 Å². The molecule has 0 radical (unpaired) electrons. The Morgan fingerprint density at radius 3 is 1.79 bits per heavy atom. The van der Waals surface area contributed by atoms with E-state index in [-0.39, 0.29) is 18.6 Å². The van der Waals surface area contributed by atoms with E-state index in [4.69, 9.17) is 51.6 Å². The summed E-state index contributed by atoms with van der Waals surface area (Å²) < 4.78 is 38.5. The van der Waals surface area contributed by atoms with Gasteiger partial charge in [-0.2, -0.15) is 0 Å². The van der Waals surface area contributed by atoms with Crippen LogP contribution < -0.4 is 10.1 Å². The van der Waals surface area contributed by atoms with Gasteiger partial charge in [0.05, 0.1) is 31.5 Å². The lowest BCUT2D eigenvalue weighted by Crippen LogP contribution is -2.61. The van der Waals surface area contributed by atoms with Gasteiger partial charge in [-0.15, -0.1) is 0 Å².